The number of rotatable bonds is 7. The second-order valence-electron chi connectivity index (χ2n) is 5.12. The fourth-order valence-electron chi connectivity index (χ4n) is 2.37. The fraction of sp³-hybridized carbons (Fsp3) is 0.375. The lowest BCUT2D eigenvalue weighted by atomic mass is 10.1. The highest BCUT2D eigenvalue weighted by molar-refractivity contribution is 5.68. The van der Waals surface area contributed by atoms with Crippen LogP contribution in [-0.4, -0.2) is 33.7 Å². The number of carbonyl (C=O) groups is 1. The molecular formula is C16H21N3O2. The summed E-state index contributed by atoms with van der Waals surface area (Å²) >= 11 is 0. The fourth-order valence-corrected chi connectivity index (χ4v) is 2.37. The quantitative estimate of drug-likeness (QED) is 0.848. The number of hydrogen-bond donors (Lipinski definition) is 1. The molecule has 0 spiro atoms. The molecule has 112 valence electrons. The van der Waals surface area contributed by atoms with Gasteiger partial charge in [0.1, 0.15) is 5.82 Å². The van der Waals surface area contributed by atoms with Gasteiger partial charge in [-0.25, -0.2) is 4.98 Å². The van der Waals surface area contributed by atoms with Crippen molar-refractivity contribution in [3.8, 4) is 0 Å². The van der Waals surface area contributed by atoms with Crippen LogP contribution < -0.4 is 4.90 Å². The number of carboxylic acid groups (broad SMARTS) is 1. The minimum atomic E-state index is -0.773. The molecule has 2 aromatic rings. The molecule has 21 heavy (non-hydrogen) atoms. The van der Waals surface area contributed by atoms with Gasteiger partial charge >= 0.3 is 5.97 Å². The first-order valence-electron chi connectivity index (χ1n) is 7.06. The molecule has 2 rings (SSSR count). The second-order valence-corrected chi connectivity index (χ2v) is 5.12. The number of anilines is 1. The van der Waals surface area contributed by atoms with E-state index in [9.17, 15) is 4.79 Å². The number of aryl methyl sites for hydroxylation is 2. The lowest BCUT2D eigenvalue weighted by Crippen LogP contribution is -2.29. The Bertz CT molecular complexity index is 607. The van der Waals surface area contributed by atoms with Gasteiger partial charge in [0.25, 0.3) is 0 Å². The molecule has 0 amide bonds. The van der Waals surface area contributed by atoms with Crippen molar-refractivity contribution in [2.75, 3.05) is 18.0 Å². The smallest absolute Gasteiger partial charge is 0.305 e. The normalized spacial score (nSPS) is 10.6. The molecule has 1 aromatic carbocycles. The molecule has 5 heteroatoms. The first kappa shape index (κ1) is 15.1. The largest absolute Gasteiger partial charge is 0.481 e. The van der Waals surface area contributed by atoms with Crippen LogP contribution in [-0.2, 0) is 18.3 Å². The topological polar surface area (TPSA) is 58.4 Å². The summed E-state index contributed by atoms with van der Waals surface area (Å²) in [6.07, 6.45) is 4.63. The van der Waals surface area contributed by atoms with Crippen molar-refractivity contribution in [2.24, 2.45) is 7.05 Å². The number of para-hydroxylation sites is 1. The molecule has 0 saturated carbocycles. The third-order valence-corrected chi connectivity index (χ3v) is 3.58. The van der Waals surface area contributed by atoms with Crippen LogP contribution in [0, 0.1) is 6.92 Å². The van der Waals surface area contributed by atoms with E-state index in [0.717, 1.165) is 30.0 Å². The number of aliphatic carboxylic acids is 1. The summed E-state index contributed by atoms with van der Waals surface area (Å²) in [4.78, 5) is 17.3. The van der Waals surface area contributed by atoms with E-state index in [0.29, 0.717) is 6.54 Å². The van der Waals surface area contributed by atoms with Gasteiger partial charge in [-0.15, -0.1) is 0 Å². The van der Waals surface area contributed by atoms with Gasteiger partial charge in [-0.3, -0.25) is 4.79 Å². The molecule has 0 aliphatic rings. The van der Waals surface area contributed by atoms with E-state index in [4.69, 9.17) is 5.11 Å². The lowest BCUT2D eigenvalue weighted by Gasteiger charge is -2.25. The summed E-state index contributed by atoms with van der Waals surface area (Å²) in [5, 5.41) is 8.93. The number of carboxylic acids is 1. The summed E-state index contributed by atoms with van der Waals surface area (Å²) in [5.41, 5.74) is 2.25. The Hall–Kier alpha value is -2.30. The van der Waals surface area contributed by atoms with Crippen molar-refractivity contribution in [3.63, 3.8) is 0 Å². The molecule has 1 aromatic heterocycles. The monoisotopic (exact) mass is 287 g/mol. The molecule has 1 heterocycles. The van der Waals surface area contributed by atoms with Crippen LogP contribution in [0.1, 0.15) is 17.8 Å². The van der Waals surface area contributed by atoms with E-state index < -0.39 is 5.97 Å². The predicted molar refractivity (Wildman–Crippen MR) is 82.6 cm³/mol. The molecule has 0 unspecified atom stereocenters. The molecule has 0 saturated heterocycles. The number of benzene rings is 1. The zero-order valence-corrected chi connectivity index (χ0v) is 12.5. The summed E-state index contributed by atoms with van der Waals surface area (Å²) in [5.74, 6) is 0.231. The van der Waals surface area contributed by atoms with Gasteiger partial charge in [0.2, 0.25) is 0 Å². The van der Waals surface area contributed by atoms with Crippen molar-refractivity contribution in [3.05, 3.63) is 48.0 Å². The number of imidazole rings is 1. The first-order valence-corrected chi connectivity index (χ1v) is 7.06. The standard InChI is InChI=1S/C16H21N3O2/c1-13-5-3-4-6-14(13)19(11-8-16(20)21)10-7-15-17-9-12-18(15)2/h3-6,9,12H,7-8,10-11H2,1-2H3,(H,20,21). The molecular weight excluding hydrogens is 266 g/mol. The maximum absolute atomic E-state index is 10.9. The van der Waals surface area contributed by atoms with Crippen LogP contribution in [0.3, 0.4) is 0 Å². The maximum atomic E-state index is 10.9. The average Bonchev–Trinajstić information content (AvgIpc) is 2.85. The Balaban J connectivity index is 2.10. The highest BCUT2D eigenvalue weighted by Crippen LogP contribution is 2.20. The number of aromatic nitrogens is 2. The molecule has 0 aliphatic heterocycles. The molecule has 0 bridgehead atoms. The van der Waals surface area contributed by atoms with Crippen molar-refractivity contribution >= 4 is 11.7 Å². The van der Waals surface area contributed by atoms with E-state index in [2.05, 4.69) is 9.88 Å². The van der Waals surface area contributed by atoms with Crippen LogP contribution in [0.4, 0.5) is 5.69 Å². The van der Waals surface area contributed by atoms with Crippen LogP contribution in [0.5, 0.6) is 0 Å². The minimum Gasteiger partial charge on any atom is -0.481 e. The Morgan fingerprint density at radius 2 is 2.10 bits per heavy atom. The predicted octanol–water partition coefficient (Wildman–Crippen LogP) is 2.25. The van der Waals surface area contributed by atoms with E-state index in [1.807, 2.05) is 49.0 Å². The highest BCUT2D eigenvalue weighted by Gasteiger charge is 2.12. The van der Waals surface area contributed by atoms with Gasteiger partial charge in [-0.1, -0.05) is 18.2 Å². The van der Waals surface area contributed by atoms with Crippen molar-refractivity contribution in [2.45, 2.75) is 19.8 Å². The lowest BCUT2D eigenvalue weighted by molar-refractivity contribution is -0.136. The Labute approximate surface area is 124 Å². The average molecular weight is 287 g/mol. The molecule has 5 nitrogen and oxygen atoms in total. The third-order valence-electron chi connectivity index (χ3n) is 3.58. The first-order chi connectivity index (χ1) is 10.1. The van der Waals surface area contributed by atoms with Crippen LogP contribution in [0.25, 0.3) is 0 Å². The molecule has 0 fully saturated rings. The van der Waals surface area contributed by atoms with Gasteiger partial charge in [-0.2, -0.15) is 0 Å². The van der Waals surface area contributed by atoms with Gasteiger partial charge < -0.3 is 14.6 Å². The van der Waals surface area contributed by atoms with E-state index in [1.54, 1.807) is 6.20 Å². The van der Waals surface area contributed by atoms with Crippen LogP contribution in [0.2, 0.25) is 0 Å². The summed E-state index contributed by atoms with van der Waals surface area (Å²) in [6.45, 7) is 3.30. The summed E-state index contributed by atoms with van der Waals surface area (Å²) < 4.78 is 1.99. The van der Waals surface area contributed by atoms with E-state index >= 15 is 0 Å². The van der Waals surface area contributed by atoms with Crippen molar-refractivity contribution in [1.29, 1.82) is 0 Å². The van der Waals surface area contributed by atoms with E-state index in [-0.39, 0.29) is 6.42 Å². The molecule has 0 aliphatic carbocycles. The molecule has 1 N–H and O–H groups in total. The highest BCUT2D eigenvalue weighted by atomic mass is 16.4. The maximum Gasteiger partial charge on any atom is 0.305 e. The van der Waals surface area contributed by atoms with Gasteiger partial charge in [0.05, 0.1) is 6.42 Å². The molecule has 0 atom stereocenters. The van der Waals surface area contributed by atoms with Gasteiger partial charge in [0.15, 0.2) is 0 Å². The number of hydrogen-bond acceptors (Lipinski definition) is 3. The Morgan fingerprint density at radius 3 is 2.71 bits per heavy atom. The summed E-state index contributed by atoms with van der Waals surface area (Å²) in [7, 11) is 1.97. The Kier molecular flexibility index (Phi) is 4.98. The SMILES string of the molecule is Cc1ccccc1N(CCC(=O)O)CCc1nccn1C. The molecule has 0 radical (unpaired) electrons. The zero-order chi connectivity index (χ0) is 15.2. The third kappa shape index (κ3) is 4.08. The van der Waals surface area contributed by atoms with Crippen LogP contribution in [0.15, 0.2) is 36.7 Å². The number of nitrogens with zero attached hydrogens (tertiary/aromatic N) is 3. The van der Waals surface area contributed by atoms with Gasteiger partial charge in [-0.05, 0) is 18.6 Å². The van der Waals surface area contributed by atoms with Crippen molar-refractivity contribution < 1.29 is 9.90 Å². The van der Waals surface area contributed by atoms with Gasteiger partial charge in [0, 0.05) is 44.6 Å². The summed E-state index contributed by atoms with van der Waals surface area (Å²) in [6, 6.07) is 8.06. The van der Waals surface area contributed by atoms with E-state index in [1.165, 1.54) is 0 Å². The Morgan fingerprint density at radius 1 is 1.33 bits per heavy atom. The minimum absolute atomic E-state index is 0.134. The second kappa shape index (κ2) is 6.92. The van der Waals surface area contributed by atoms with Crippen LogP contribution >= 0.6 is 0 Å². The van der Waals surface area contributed by atoms with Crippen molar-refractivity contribution in [1.82, 2.24) is 9.55 Å². The zero-order valence-electron chi connectivity index (χ0n) is 12.5.